The van der Waals surface area contributed by atoms with Crippen LogP contribution in [0.1, 0.15) is 0 Å². The zero-order valence-electron chi connectivity index (χ0n) is 3.94. The lowest BCUT2D eigenvalue weighted by molar-refractivity contribution is 0.410. The van der Waals surface area contributed by atoms with E-state index in [0.29, 0.717) is 0 Å². The summed E-state index contributed by atoms with van der Waals surface area (Å²) in [5.41, 5.74) is 0. The van der Waals surface area contributed by atoms with E-state index in [2.05, 4.69) is 16.5 Å². The van der Waals surface area contributed by atoms with Crippen molar-refractivity contribution in [3.05, 3.63) is 0 Å². The van der Waals surface area contributed by atoms with E-state index in [-0.39, 0.29) is 12.3 Å². The lowest BCUT2D eigenvalue weighted by Gasteiger charge is -1.80. The lowest BCUT2D eigenvalue weighted by Crippen LogP contribution is -1.92. The van der Waals surface area contributed by atoms with E-state index in [0.717, 1.165) is 0 Å². The van der Waals surface area contributed by atoms with Crippen LogP contribution in [0, 0.1) is 0 Å². The molecule has 0 spiro atoms. The van der Waals surface area contributed by atoms with Crippen molar-refractivity contribution in [1.82, 2.24) is 12.3 Å². The number of thiol groups is 1. The molecular formula is H8N2O4S2. The summed E-state index contributed by atoms with van der Waals surface area (Å²) in [6.45, 7) is 0. The van der Waals surface area contributed by atoms with Crippen molar-refractivity contribution in [1.29, 1.82) is 0 Å². The molecule has 0 amide bonds. The van der Waals surface area contributed by atoms with E-state index in [4.69, 9.17) is 4.55 Å². The molecule has 0 heterocycles. The van der Waals surface area contributed by atoms with Gasteiger partial charge in [-0.3, -0.25) is 4.55 Å². The second-order valence-corrected chi connectivity index (χ2v) is 1.95. The summed E-state index contributed by atoms with van der Waals surface area (Å²) in [7, 11) is -4.30. The van der Waals surface area contributed by atoms with Crippen molar-refractivity contribution < 1.29 is 16.6 Å². The molecule has 0 aliphatic rings. The summed E-state index contributed by atoms with van der Waals surface area (Å²) in [4.78, 5) is 0. The van der Waals surface area contributed by atoms with Crippen LogP contribution in [0.4, 0.5) is 0 Å². The van der Waals surface area contributed by atoms with Crippen LogP contribution in [0.25, 0.3) is 0 Å². The molecule has 0 aromatic carbocycles. The van der Waals surface area contributed by atoms with E-state index < -0.39 is 10.4 Å². The maximum Gasteiger partial charge on any atom is 0.408 e. The van der Waals surface area contributed by atoms with Crippen LogP contribution in [0.2, 0.25) is 0 Å². The minimum Gasteiger partial charge on any atom is -0.344 e. The summed E-state index contributed by atoms with van der Waals surface area (Å²) >= 11 is 2.76. The zero-order valence-corrected chi connectivity index (χ0v) is 5.65. The quantitative estimate of drug-likeness (QED) is 0.244. The molecule has 7 N–H and O–H groups in total. The molecule has 6 nitrogen and oxygen atoms in total. The van der Waals surface area contributed by atoms with Crippen molar-refractivity contribution in [3.8, 4) is 0 Å². The van der Waals surface area contributed by atoms with Crippen molar-refractivity contribution in [2.75, 3.05) is 0 Å². The van der Waals surface area contributed by atoms with Crippen LogP contribution in [0.3, 0.4) is 0 Å². The predicted octanol–water partition coefficient (Wildman–Crippen LogP) is -0.0254. The topological polar surface area (TPSA) is 134 Å². The molecule has 0 saturated carbocycles. The molecule has 0 bridgehead atoms. The summed E-state index contributed by atoms with van der Waals surface area (Å²) < 4.78 is 29.2. The highest BCUT2D eigenvalue weighted by molar-refractivity contribution is 7.92. The first-order valence-electron chi connectivity index (χ1n) is 0.865. The van der Waals surface area contributed by atoms with Crippen LogP contribution in [-0.4, -0.2) is 13.0 Å². The van der Waals surface area contributed by atoms with E-state index in [1.807, 2.05) is 0 Å². The largest absolute Gasteiger partial charge is 0.408 e. The maximum atomic E-state index is 9.26. The van der Waals surface area contributed by atoms with Gasteiger partial charge in [-0.05, 0) is 12.9 Å². The minimum atomic E-state index is -4.30. The van der Waals surface area contributed by atoms with Gasteiger partial charge in [0.2, 0.25) is 0 Å². The van der Waals surface area contributed by atoms with Gasteiger partial charge in [0.25, 0.3) is 0 Å². The maximum absolute atomic E-state index is 9.26. The number of rotatable bonds is 1. The Morgan fingerprint density at radius 2 is 1.50 bits per heavy atom. The molecule has 0 aliphatic carbocycles. The fourth-order valence-corrected chi connectivity index (χ4v) is 0. The van der Waals surface area contributed by atoms with Crippen LogP contribution in [0.5, 0.6) is 0 Å². The van der Waals surface area contributed by atoms with Crippen LogP contribution in [-0.2, 0) is 14.0 Å². The van der Waals surface area contributed by atoms with Crippen LogP contribution >= 0.6 is 12.9 Å². The third-order valence-electron chi connectivity index (χ3n) is 0.0942. The van der Waals surface area contributed by atoms with Crippen molar-refractivity contribution in [2.45, 2.75) is 0 Å². The normalized spacial score (nSPS) is 8.75. The first-order chi connectivity index (χ1) is 2.56. The third-order valence-corrected chi connectivity index (χ3v) is 0.848. The van der Waals surface area contributed by atoms with Gasteiger partial charge in [0.15, 0.2) is 0 Å². The molecule has 0 radical (unpaired) electrons. The highest BCUT2D eigenvalue weighted by atomic mass is 32.3. The molecule has 8 heteroatoms. The summed E-state index contributed by atoms with van der Waals surface area (Å²) in [5.74, 6) is 0. The lowest BCUT2D eigenvalue weighted by atomic mass is 14.0. The van der Waals surface area contributed by atoms with Gasteiger partial charge >= 0.3 is 10.4 Å². The third kappa shape index (κ3) is 16.5. The second-order valence-electron chi connectivity index (χ2n) is 0.502. The highest BCUT2D eigenvalue weighted by Gasteiger charge is 1.95. The van der Waals surface area contributed by atoms with E-state index >= 15 is 0 Å². The van der Waals surface area contributed by atoms with Gasteiger partial charge in [-0.15, -0.1) is 0 Å². The standard InChI is InChI=1S/2H3N.H2O4S2/c;;1-6(2,3)4-5/h2*1H3;5H,(H,1,2,3). The first-order valence-corrected chi connectivity index (χ1v) is 2.60. The van der Waals surface area contributed by atoms with Gasteiger partial charge in [0.1, 0.15) is 0 Å². The van der Waals surface area contributed by atoms with E-state index in [1.165, 1.54) is 0 Å². The fraction of sp³-hybridized carbons (Fsp3) is 0. The minimum absolute atomic E-state index is 0. The molecule has 0 rings (SSSR count). The van der Waals surface area contributed by atoms with Gasteiger partial charge in [0.05, 0.1) is 0 Å². The van der Waals surface area contributed by atoms with E-state index in [1.54, 1.807) is 0 Å². The molecule has 54 valence electrons. The first kappa shape index (κ1) is 15.7. The Hall–Kier alpha value is 0.140. The second kappa shape index (κ2) is 5.28. The van der Waals surface area contributed by atoms with Crippen LogP contribution < -0.4 is 12.3 Å². The van der Waals surface area contributed by atoms with Gasteiger partial charge in [-0.25, -0.2) is 0 Å². The van der Waals surface area contributed by atoms with Crippen molar-refractivity contribution in [2.24, 2.45) is 0 Å². The Labute approximate surface area is 53.0 Å². The Balaban J connectivity index is -0.000000125. The van der Waals surface area contributed by atoms with Crippen molar-refractivity contribution in [3.63, 3.8) is 0 Å². The Morgan fingerprint density at radius 1 is 1.38 bits per heavy atom. The molecule has 0 unspecified atom stereocenters. The van der Waals surface area contributed by atoms with Gasteiger partial charge < -0.3 is 12.3 Å². The Bertz CT molecular complexity index is 114. The molecular weight excluding hydrogens is 156 g/mol. The average Bonchev–Trinajstić information content (AvgIpc) is 1.35. The molecule has 0 aromatic heterocycles. The van der Waals surface area contributed by atoms with E-state index in [9.17, 15) is 8.42 Å². The summed E-state index contributed by atoms with van der Waals surface area (Å²) in [6, 6.07) is 0. The predicted molar refractivity (Wildman–Crippen MR) is 31.7 cm³/mol. The highest BCUT2D eigenvalue weighted by Crippen LogP contribution is 1.85. The van der Waals surface area contributed by atoms with Gasteiger partial charge in [0, 0.05) is 0 Å². The fourth-order valence-electron chi connectivity index (χ4n) is 0. The summed E-state index contributed by atoms with van der Waals surface area (Å²) in [6.07, 6.45) is 0. The molecule has 8 heavy (non-hydrogen) atoms. The average molecular weight is 164 g/mol. The van der Waals surface area contributed by atoms with Crippen molar-refractivity contribution >= 4 is 23.3 Å². The number of hydrogen-bond donors (Lipinski definition) is 4. The van der Waals surface area contributed by atoms with Crippen LogP contribution in [0.15, 0.2) is 0 Å². The van der Waals surface area contributed by atoms with Gasteiger partial charge in [-0.2, -0.15) is 12.0 Å². The molecule has 0 aromatic rings. The molecule has 0 saturated heterocycles. The monoisotopic (exact) mass is 164 g/mol. The number of hydrogen-bond acceptors (Lipinski definition) is 6. The Kier molecular flexibility index (Phi) is 10.4. The SMILES string of the molecule is N.N.O=S(=O)(O)OS. The van der Waals surface area contributed by atoms with Gasteiger partial charge in [-0.1, -0.05) is 0 Å². The Morgan fingerprint density at radius 3 is 1.50 bits per heavy atom. The zero-order chi connectivity index (χ0) is 5.21. The molecule has 0 atom stereocenters. The molecule has 0 fully saturated rings. The molecule has 0 aliphatic heterocycles. The smallest absolute Gasteiger partial charge is 0.344 e. The summed E-state index contributed by atoms with van der Waals surface area (Å²) in [5, 5.41) is 0.